The smallest absolute Gasteiger partial charge is 0.228 e. The number of amides is 1. The molecule has 4 aliphatic heterocycles. The molecule has 2 bridgehead atoms. The van der Waals surface area contributed by atoms with Crippen molar-refractivity contribution in [2.75, 3.05) is 5.32 Å². The zero-order valence-corrected chi connectivity index (χ0v) is 22.0. The van der Waals surface area contributed by atoms with E-state index in [0.29, 0.717) is 12.3 Å². The number of fused-ring (bicyclic) bond motifs is 5. The van der Waals surface area contributed by atoms with Crippen LogP contribution in [0.2, 0.25) is 0 Å². The van der Waals surface area contributed by atoms with E-state index in [4.69, 9.17) is 4.84 Å². The highest BCUT2D eigenvalue weighted by molar-refractivity contribution is 5.93. The summed E-state index contributed by atoms with van der Waals surface area (Å²) in [5, 5.41) is 16.4. The molecule has 0 radical (unpaired) electrons. The molecule has 7 atom stereocenters. The number of likely N-dealkylation sites (tertiary alicyclic amines) is 1. The number of Topliss-reactive ketones (excluding diaryl/α,β-unsaturated/α-hetero) is 1. The quantitative estimate of drug-likeness (QED) is 0.617. The molecule has 2 N–H and O–H groups in total. The number of ketones is 1. The highest BCUT2D eigenvalue weighted by atomic mass is 16.7. The minimum Gasteiger partial charge on any atom is -0.393 e. The first kappa shape index (κ1) is 24.1. The Bertz CT molecular complexity index is 1060. The number of nitrogens with one attached hydrogen (secondary N) is 1. The largest absolute Gasteiger partial charge is 0.393 e. The highest BCUT2D eigenvalue weighted by Crippen LogP contribution is 2.55. The van der Waals surface area contributed by atoms with Crippen LogP contribution in [-0.2, 0) is 20.0 Å². The van der Waals surface area contributed by atoms with E-state index in [2.05, 4.69) is 29.4 Å². The van der Waals surface area contributed by atoms with Crippen LogP contribution in [0.25, 0.3) is 0 Å². The lowest BCUT2D eigenvalue weighted by molar-refractivity contribution is -0.316. The molecule has 7 unspecified atom stereocenters. The van der Waals surface area contributed by atoms with Gasteiger partial charge in [0.2, 0.25) is 5.91 Å². The molecule has 1 amide bonds. The molecule has 7 nitrogen and oxygen atoms in total. The minimum atomic E-state index is -0.795. The summed E-state index contributed by atoms with van der Waals surface area (Å²) in [4.78, 5) is 37.3. The Kier molecular flexibility index (Phi) is 5.90. The van der Waals surface area contributed by atoms with Crippen LogP contribution in [0.5, 0.6) is 0 Å². The van der Waals surface area contributed by atoms with Gasteiger partial charge in [-0.2, -0.15) is 5.06 Å². The van der Waals surface area contributed by atoms with Crippen molar-refractivity contribution in [1.29, 1.82) is 0 Å². The van der Waals surface area contributed by atoms with Gasteiger partial charge < -0.3 is 15.3 Å². The fourth-order valence-electron chi connectivity index (χ4n) is 8.38. The van der Waals surface area contributed by atoms with Crippen LogP contribution < -0.4 is 5.32 Å². The van der Waals surface area contributed by atoms with Gasteiger partial charge in [-0.1, -0.05) is 38.0 Å². The molecule has 1 aromatic rings. The Hall–Kier alpha value is -1.96. The molecule has 2 aliphatic carbocycles. The lowest BCUT2D eigenvalue weighted by Gasteiger charge is -2.50. The van der Waals surface area contributed by atoms with Gasteiger partial charge in [0.05, 0.1) is 12.1 Å². The average molecular weight is 508 g/mol. The van der Waals surface area contributed by atoms with E-state index in [1.807, 2.05) is 17.0 Å². The molecule has 4 heterocycles. The minimum absolute atomic E-state index is 0.0162. The number of anilines is 1. The number of carbonyl (C=O) groups excluding carboxylic acids is 2. The average Bonchev–Trinajstić information content (AvgIpc) is 3.49. The lowest BCUT2D eigenvalue weighted by Crippen LogP contribution is -2.58. The third-order valence-corrected chi connectivity index (χ3v) is 10.5. The van der Waals surface area contributed by atoms with Gasteiger partial charge in [0.15, 0.2) is 11.4 Å². The van der Waals surface area contributed by atoms with Crippen LogP contribution in [0.4, 0.5) is 5.69 Å². The van der Waals surface area contributed by atoms with Crippen LogP contribution in [0.1, 0.15) is 89.5 Å². The van der Waals surface area contributed by atoms with Gasteiger partial charge in [-0.3, -0.25) is 14.4 Å². The van der Waals surface area contributed by atoms with Gasteiger partial charge in [-0.05, 0) is 69.8 Å². The normalized spacial score (nSPS) is 41.1. The molecule has 3 saturated heterocycles. The molecule has 0 spiro atoms. The van der Waals surface area contributed by atoms with Gasteiger partial charge in [0, 0.05) is 41.6 Å². The van der Waals surface area contributed by atoms with Gasteiger partial charge in [0.1, 0.15) is 6.17 Å². The number of piperidine rings is 2. The maximum atomic E-state index is 14.2. The summed E-state index contributed by atoms with van der Waals surface area (Å²) >= 11 is 0. The summed E-state index contributed by atoms with van der Waals surface area (Å²) in [5.41, 5.74) is 1.27. The van der Waals surface area contributed by atoms with Gasteiger partial charge in [-0.15, -0.1) is 0 Å². The molecule has 5 fully saturated rings. The molecule has 6 aliphatic rings. The maximum absolute atomic E-state index is 14.2. The third kappa shape index (κ3) is 3.79. The molecule has 37 heavy (non-hydrogen) atoms. The summed E-state index contributed by atoms with van der Waals surface area (Å²) in [6.45, 7) is 2.23. The number of nitrogens with zero attached hydrogens (tertiary/aromatic N) is 2. The van der Waals surface area contributed by atoms with Crippen molar-refractivity contribution < 1.29 is 19.5 Å². The van der Waals surface area contributed by atoms with E-state index in [1.165, 1.54) is 0 Å². The standard InChI is InChI=1S/C30H41N3O4/c1-18-12-13-20(14-18)28(36)32-26(27(35)19-6-4-7-19)17-30(24-10-2-3-11-25(24)31-29(30)32)37-33-21-8-5-9-22(33)16-23(34)15-21/h2-3,10-11,18-23,26,29,31,34H,4-9,12-17H2,1H3. The molecule has 0 aromatic heterocycles. The predicted octanol–water partition coefficient (Wildman–Crippen LogP) is 4.35. The zero-order chi connectivity index (χ0) is 25.3. The van der Waals surface area contributed by atoms with Crippen molar-refractivity contribution in [2.24, 2.45) is 17.8 Å². The maximum Gasteiger partial charge on any atom is 0.228 e. The summed E-state index contributed by atoms with van der Waals surface area (Å²) in [7, 11) is 0. The molecule has 7 heteroatoms. The first-order chi connectivity index (χ1) is 17.9. The van der Waals surface area contributed by atoms with E-state index >= 15 is 0 Å². The second kappa shape index (κ2) is 9.06. The third-order valence-electron chi connectivity index (χ3n) is 10.5. The topological polar surface area (TPSA) is 82.1 Å². The second-order valence-electron chi connectivity index (χ2n) is 12.9. The van der Waals surface area contributed by atoms with Crippen LogP contribution in [0.3, 0.4) is 0 Å². The Labute approximate surface area is 219 Å². The molecular weight excluding hydrogens is 466 g/mol. The summed E-state index contributed by atoms with van der Waals surface area (Å²) in [6.07, 6.45) is 10.3. The van der Waals surface area contributed by atoms with Gasteiger partial charge >= 0.3 is 0 Å². The van der Waals surface area contributed by atoms with Crippen LogP contribution in [0.15, 0.2) is 24.3 Å². The predicted molar refractivity (Wildman–Crippen MR) is 139 cm³/mol. The number of hydroxylamine groups is 2. The number of aliphatic hydroxyl groups excluding tert-OH is 1. The molecule has 2 saturated carbocycles. The van der Waals surface area contributed by atoms with Crippen molar-refractivity contribution in [1.82, 2.24) is 9.96 Å². The first-order valence-electron chi connectivity index (χ1n) is 14.8. The van der Waals surface area contributed by atoms with E-state index in [0.717, 1.165) is 81.9 Å². The number of rotatable bonds is 5. The molecule has 1 aromatic carbocycles. The number of benzene rings is 1. The van der Waals surface area contributed by atoms with Crippen molar-refractivity contribution in [3.8, 4) is 0 Å². The summed E-state index contributed by atoms with van der Waals surface area (Å²) in [6, 6.07) is 8.15. The fraction of sp³-hybridized carbons (Fsp3) is 0.733. The van der Waals surface area contributed by atoms with Crippen LogP contribution in [0, 0.1) is 17.8 Å². The first-order valence-corrected chi connectivity index (χ1v) is 14.8. The van der Waals surface area contributed by atoms with E-state index < -0.39 is 17.8 Å². The Morgan fingerprint density at radius 1 is 0.973 bits per heavy atom. The lowest BCUT2D eigenvalue weighted by atomic mass is 9.78. The summed E-state index contributed by atoms with van der Waals surface area (Å²) in [5.74, 6) is 0.964. The van der Waals surface area contributed by atoms with E-state index in [1.54, 1.807) is 0 Å². The number of carbonyl (C=O) groups is 2. The molecular formula is C30H41N3O4. The Balaban J connectivity index is 1.29. The van der Waals surface area contributed by atoms with Crippen molar-refractivity contribution in [3.63, 3.8) is 0 Å². The zero-order valence-electron chi connectivity index (χ0n) is 22.0. The number of hydrogen-bond acceptors (Lipinski definition) is 6. The SMILES string of the molecule is CC1CCC(C(=O)N2C(C(=O)C3CCC3)CC3(ON4C5CCCC4CC(O)C5)c4ccccc4NC23)C1. The van der Waals surface area contributed by atoms with Crippen molar-refractivity contribution in [3.05, 3.63) is 29.8 Å². The molecule has 200 valence electrons. The van der Waals surface area contributed by atoms with Crippen molar-refractivity contribution >= 4 is 17.4 Å². The van der Waals surface area contributed by atoms with Crippen LogP contribution >= 0.6 is 0 Å². The van der Waals surface area contributed by atoms with Gasteiger partial charge in [0.25, 0.3) is 0 Å². The summed E-state index contributed by atoms with van der Waals surface area (Å²) < 4.78 is 0. The van der Waals surface area contributed by atoms with E-state index in [-0.39, 0.29) is 41.7 Å². The van der Waals surface area contributed by atoms with Crippen molar-refractivity contribution in [2.45, 2.75) is 120 Å². The second-order valence-corrected chi connectivity index (χ2v) is 12.9. The van der Waals surface area contributed by atoms with E-state index in [9.17, 15) is 14.7 Å². The molecule has 7 rings (SSSR count). The number of para-hydroxylation sites is 1. The monoisotopic (exact) mass is 507 g/mol. The van der Waals surface area contributed by atoms with Crippen LogP contribution in [-0.4, -0.2) is 57.2 Å². The number of hydrogen-bond donors (Lipinski definition) is 2. The number of aliphatic hydroxyl groups is 1. The van der Waals surface area contributed by atoms with Gasteiger partial charge in [-0.25, -0.2) is 0 Å². The fourth-order valence-corrected chi connectivity index (χ4v) is 8.38. The Morgan fingerprint density at radius 3 is 2.38 bits per heavy atom. The highest BCUT2D eigenvalue weighted by Gasteiger charge is 2.64. The Morgan fingerprint density at radius 2 is 1.70 bits per heavy atom.